The Morgan fingerprint density at radius 3 is 2.75 bits per heavy atom. The van der Waals surface area contributed by atoms with Crippen LogP contribution in [-0.2, 0) is 14.3 Å². The fraction of sp³-hybridized carbons (Fsp3) is 0.389. The number of nitrogens with zero attached hydrogens (tertiary/aromatic N) is 2. The van der Waals surface area contributed by atoms with Gasteiger partial charge in [-0.3, -0.25) is 14.6 Å². The van der Waals surface area contributed by atoms with Gasteiger partial charge in [0, 0.05) is 51.7 Å². The zero-order valence-electron chi connectivity index (χ0n) is 14.1. The molecule has 128 valence electrons. The predicted molar refractivity (Wildman–Crippen MR) is 93.7 cm³/mol. The highest BCUT2D eigenvalue weighted by Gasteiger charge is 2.12. The van der Waals surface area contributed by atoms with Gasteiger partial charge in [-0.1, -0.05) is 18.2 Å². The molecule has 0 radical (unpaired) electrons. The van der Waals surface area contributed by atoms with E-state index in [4.69, 9.17) is 4.74 Å². The average molecular weight is 329 g/mol. The minimum absolute atomic E-state index is 0.0364. The molecule has 2 amide bonds. The molecule has 6 heteroatoms. The van der Waals surface area contributed by atoms with Crippen molar-refractivity contribution in [3.8, 4) is 0 Å². The van der Waals surface area contributed by atoms with E-state index in [2.05, 4.69) is 10.3 Å². The molecule has 0 spiro atoms. The number of rotatable bonds is 8. The van der Waals surface area contributed by atoms with Gasteiger partial charge >= 0.3 is 0 Å². The second kappa shape index (κ2) is 8.98. The second-order valence-electron chi connectivity index (χ2n) is 5.53. The van der Waals surface area contributed by atoms with Crippen molar-refractivity contribution in [2.45, 2.75) is 19.8 Å². The SMILES string of the molecule is COCCCN(CCC(=O)Nc1cccc2cccnc12)C(C)=O. The van der Waals surface area contributed by atoms with Crippen LogP contribution < -0.4 is 5.32 Å². The van der Waals surface area contributed by atoms with Gasteiger partial charge in [0.2, 0.25) is 11.8 Å². The molecule has 1 N–H and O–H groups in total. The molecular formula is C18H23N3O3. The van der Waals surface area contributed by atoms with Gasteiger partial charge in [-0.2, -0.15) is 0 Å². The maximum absolute atomic E-state index is 12.2. The number of carbonyl (C=O) groups excluding carboxylic acids is 2. The van der Waals surface area contributed by atoms with Crippen LogP contribution in [0.5, 0.6) is 0 Å². The number of hydrogen-bond donors (Lipinski definition) is 1. The fourth-order valence-electron chi connectivity index (χ4n) is 2.48. The Labute approximate surface area is 141 Å². The highest BCUT2D eigenvalue weighted by molar-refractivity contribution is 6.00. The summed E-state index contributed by atoms with van der Waals surface area (Å²) in [5, 5.41) is 3.85. The van der Waals surface area contributed by atoms with Crippen LogP contribution in [-0.4, -0.2) is 48.5 Å². The molecule has 0 aliphatic carbocycles. The number of hydrogen-bond acceptors (Lipinski definition) is 4. The van der Waals surface area contributed by atoms with Crippen LogP contribution in [0.3, 0.4) is 0 Å². The summed E-state index contributed by atoms with van der Waals surface area (Å²) in [5.74, 6) is -0.170. The molecule has 0 fully saturated rings. The van der Waals surface area contributed by atoms with Gasteiger partial charge in [0.15, 0.2) is 0 Å². The van der Waals surface area contributed by atoms with Gasteiger partial charge in [-0.05, 0) is 18.6 Å². The van der Waals surface area contributed by atoms with Crippen molar-refractivity contribution in [3.63, 3.8) is 0 Å². The van der Waals surface area contributed by atoms with E-state index >= 15 is 0 Å². The lowest BCUT2D eigenvalue weighted by atomic mass is 10.2. The summed E-state index contributed by atoms with van der Waals surface area (Å²) in [7, 11) is 1.63. The molecule has 0 saturated carbocycles. The van der Waals surface area contributed by atoms with Crippen molar-refractivity contribution >= 4 is 28.4 Å². The summed E-state index contributed by atoms with van der Waals surface area (Å²) >= 11 is 0. The normalized spacial score (nSPS) is 10.6. The first-order valence-electron chi connectivity index (χ1n) is 8.00. The van der Waals surface area contributed by atoms with E-state index in [0.717, 1.165) is 17.3 Å². The average Bonchev–Trinajstić information content (AvgIpc) is 2.58. The van der Waals surface area contributed by atoms with Crippen LogP contribution in [0, 0.1) is 0 Å². The van der Waals surface area contributed by atoms with Crippen molar-refractivity contribution in [1.29, 1.82) is 0 Å². The zero-order chi connectivity index (χ0) is 17.4. The maximum Gasteiger partial charge on any atom is 0.226 e. The first-order chi connectivity index (χ1) is 11.6. The van der Waals surface area contributed by atoms with E-state index in [0.29, 0.717) is 25.4 Å². The van der Waals surface area contributed by atoms with E-state index in [1.807, 2.05) is 30.3 Å². The number of amides is 2. The molecule has 2 aromatic rings. The zero-order valence-corrected chi connectivity index (χ0v) is 14.1. The number of anilines is 1. The van der Waals surface area contributed by atoms with Crippen molar-refractivity contribution in [1.82, 2.24) is 9.88 Å². The molecule has 0 aliphatic rings. The maximum atomic E-state index is 12.2. The van der Waals surface area contributed by atoms with Crippen molar-refractivity contribution in [2.75, 3.05) is 32.1 Å². The largest absolute Gasteiger partial charge is 0.385 e. The lowest BCUT2D eigenvalue weighted by Crippen LogP contribution is -2.33. The number of carbonyl (C=O) groups is 2. The van der Waals surface area contributed by atoms with Gasteiger partial charge in [-0.15, -0.1) is 0 Å². The van der Waals surface area contributed by atoms with Crippen molar-refractivity contribution in [3.05, 3.63) is 36.5 Å². The number of ether oxygens (including phenoxy) is 1. The second-order valence-corrected chi connectivity index (χ2v) is 5.53. The van der Waals surface area contributed by atoms with Gasteiger partial charge in [0.25, 0.3) is 0 Å². The molecule has 0 saturated heterocycles. The standard InChI is InChI=1S/C18H23N3O3/c1-14(22)21(11-5-13-24-2)12-9-17(23)20-16-8-3-6-15-7-4-10-19-18(15)16/h3-4,6-8,10H,5,9,11-13H2,1-2H3,(H,20,23). The monoisotopic (exact) mass is 329 g/mol. The highest BCUT2D eigenvalue weighted by atomic mass is 16.5. The Morgan fingerprint density at radius 1 is 1.21 bits per heavy atom. The van der Waals surface area contributed by atoms with Crippen molar-refractivity contribution < 1.29 is 14.3 Å². The molecule has 0 atom stereocenters. The third kappa shape index (κ3) is 5.03. The Kier molecular flexibility index (Phi) is 6.69. The van der Waals surface area contributed by atoms with Crippen LogP contribution in [0.25, 0.3) is 10.9 Å². The molecule has 0 bridgehead atoms. The fourth-order valence-corrected chi connectivity index (χ4v) is 2.48. The predicted octanol–water partition coefficient (Wildman–Crippen LogP) is 2.45. The van der Waals surface area contributed by atoms with Crippen molar-refractivity contribution in [2.24, 2.45) is 0 Å². The van der Waals surface area contributed by atoms with E-state index in [-0.39, 0.29) is 18.2 Å². The molecule has 1 aromatic carbocycles. The summed E-state index contributed by atoms with van der Waals surface area (Å²) in [6.07, 6.45) is 2.70. The Morgan fingerprint density at radius 2 is 2.00 bits per heavy atom. The van der Waals surface area contributed by atoms with Gasteiger partial charge in [0.05, 0.1) is 11.2 Å². The molecule has 0 aliphatic heterocycles. The minimum Gasteiger partial charge on any atom is -0.385 e. The smallest absolute Gasteiger partial charge is 0.226 e. The molecule has 1 aromatic heterocycles. The number of benzene rings is 1. The third-order valence-corrected chi connectivity index (χ3v) is 3.74. The lowest BCUT2D eigenvalue weighted by Gasteiger charge is -2.20. The highest BCUT2D eigenvalue weighted by Crippen LogP contribution is 2.20. The van der Waals surface area contributed by atoms with Crippen LogP contribution in [0.4, 0.5) is 5.69 Å². The number of methoxy groups -OCH3 is 1. The molecule has 1 heterocycles. The number of nitrogens with one attached hydrogen (secondary N) is 1. The first kappa shape index (κ1) is 17.9. The van der Waals surface area contributed by atoms with E-state index in [1.54, 1.807) is 18.2 Å². The number of para-hydroxylation sites is 1. The van der Waals surface area contributed by atoms with Crippen LogP contribution in [0.2, 0.25) is 0 Å². The topological polar surface area (TPSA) is 71.5 Å². The van der Waals surface area contributed by atoms with Gasteiger partial charge < -0.3 is 15.0 Å². The summed E-state index contributed by atoms with van der Waals surface area (Å²) < 4.78 is 4.99. The number of fused-ring (bicyclic) bond motifs is 1. The summed E-state index contributed by atoms with van der Waals surface area (Å²) in [6.45, 7) is 3.09. The van der Waals surface area contributed by atoms with Crippen LogP contribution >= 0.6 is 0 Å². The van der Waals surface area contributed by atoms with E-state index < -0.39 is 0 Å². The molecule has 0 unspecified atom stereocenters. The Hall–Kier alpha value is -2.47. The first-order valence-corrected chi connectivity index (χ1v) is 8.00. The minimum atomic E-state index is -0.133. The molecule has 2 rings (SSSR count). The Balaban J connectivity index is 1.93. The lowest BCUT2D eigenvalue weighted by molar-refractivity contribution is -0.129. The molecule has 24 heavy (non-hydrogen) atoms. The quantitative estimate of drug-likeness (QED) is 0.755. The Bertz CT molecular complexity index is 697. The number of pyridine rings is 1. The summed E-state index contributed by atoms with van der Waals surface area (Å²) in [4.78, 5) is 29.8. The van der Waals surface area contributed by atoms with Gasteiger partial charge in [0.1, 0.15) is 0 Å². The van der Waals surface area contributed by atoms with Crippen LogP contribution in [0.15, 0.2) is 36.5 Å². The van der Waals surface area contributed by atoms with E-state index in [9.17, 15) is 9.59 Å². The van der Waals surface area contributed by atoms with Gasteiger partial charge in [-0.25, -0.2) is 0 Å². The molecule has 6 nitrogen and oxygen atoms in total. The van der Waals surface area contributed by atoms with Crippen LogP contribution in [0.1, 0.15) is 19.8 Å². The van der Waals surface area contributed by atoms with E-state index in [1.165, 1.54) is 6.92 Å². The number of aromatic nitrogens is 1. The molecular weight excluding hydrogens is 306 g/mol. The third-order valence-electron chi connectivity index (χ3n) is 3.74. The summed E-state index contributed by atoms with van der Waals surface area (Å²) in [5.41, 5.74) is 1.45. The summed E-state index contributed by atoms with van der Waals surface area (Å²) in [6, 6.07) is 9.47.